The van der Waals surface area contributed by atoms with Crippen molar-refractivity contribution in [3.05, 3.63) is 91.2 Å². The quantitative estimate of drug-likeness (QED) is 0.351. The molecule has 0 unspecified atom stereocenters. The van der Waals surface area contributed by atoms with Gasteiger partial charge in [-0.3, -0.25) is 9.36 Å². The van der Waals surface area contributed by atoms with Gasteiger partial charge in [0.05, 0.1) is 36.5 Å². The number of benzene rings is 2. The summed E-state index contributed by atoms with van der Waals surface area (Å²) in [6, 6.07) is 12.8. The van der Waals surface area contributed by atoms with Gasteiger partial charge < -0.3 is 18.8 Å². The molecule has 8 nitrogen and oxygen atoms in total. The highest BCUT2D eigenvalue weighted by Gasteiger charge is 2.31. The Balaban J connectivity index is 1.70. The summed E-state index contributed by atoms with van der Waals surface area (Å²) in [5, 5.41) is 1.05. The van der Waals surface area contributed by atoms with Crippen LogP contribution in [0.5, 0.6) is 11.5 Å². The minimum atomic E-state index is -0.728. The normalized spacial score (nSPS) is 15.2. The zero-order valence-corrected chi connectivity index (χ0v) is 21.9. The average Bonchev–Trinajstić information content (AvgIpc) is 3.40. The van der Waals surface area contributed by atoms with Crippen LogP contribution >= 0.6 is 11.3 Å². The van der Waals surface area contributed by atoms with Crippen molar-refractivity contribution in [3.63, 3.8) is 0 Å². The first-order valence-electron chi connectivity index (χ1n) is 12.0. The number of methoxy groups -OCH3 is 1. The van der Waals surface area contributed by atoms with Gasteiger partial charge in [0.2, 0.25) is 0 Å². The van der Waals surface area contributed by atoms with Gasteiger partial charge in [-0.15, -0.1) is 0 Å². The van der Waals surface area contributed by atoms with Gasteiger partial charge in [0.15, 0.2) is 16.3 Å². The molecule has 1 aliphatic heterocycles. The molecule has 3 heterocycles. The third-order valence-electron chi connectivity index (χ3n) is 6.22. The number of hydrogen-bond donors (Lipinski definition) is 0. The van der Waals surface area contributed by atoms with E-state index in [0.29, 0.717) is 39.6 Å². The van der Waals surface area contributed by atoms with Crippen LogP contribution in [0.1, 0.15) is 31.0 Å². The van der Waals surface area contributed by atoms with E-state index in [0.717, 1.165) is 16.5 Å². The number of esters is 1. The highest BCUT2D eigenvalue weighted by Crippen LogP contribution is 2.35. The molecular formula is C28H27N3O5S. The van der Waals surface area contributed by atoms with Crippen LogP contribution in [0.25, 0.3) is 17.0 Å². The van der Waals surface area contributed by atoms with Crippen molar-refractivity contribution in [2.75, 3.05) is 20.3 Å². The van der Waals surface area contributed by atoms with Crippen molar-refractivity contribution in [1.29, 1.82) is 0 Å². The highest BCUT2D eigenvalue weighted by molar-refractivity contribution is 7.07. The van der Waals surface area contributed by atoms with Gasteiger partial charge in [-0.25, -0.2) is 9.79 Å². The van der Waals surface area contributed by atoms with Crippen LogP contribution in [0.4, 0.5) is 0 Å². The van der Waals surface area contributed by atoms with Gasteiger partial charge in [0.25, 0.3) is 5.56 Å². The third-order valence-corrected chi connectivity index (χ3v) is 7.22. The first kappa shape index (κ1) is 24.6. The molecule has 4 aromatic rings. The van der Waals surface area contributed by atoms with Gasteiger partial charge in [-0.2, -0.15) is 0 Å². The molecule has 1 aliphatic rings. The van der Waals surface area contributed by atoms with Gasteiger partial charge in [-0.1, -0.05) is 35.6 Å². The molecular weight excluding hydrogens is 490 g/mol. The molecule has 0 spiro atoms. The largest absolute Gasteiger partial charge is 0.490 e. The Labute approximate surface area is 217 Å². The lowest BCUT2D eigenvalue weighted by Crippen LogP contribution is -2.39. The maximum absolute atomic E-state index is 13.8. The molecule has 190 valence electrons. The fraction of sp³-hybridized carbons (Fsp3) is 0.250. The van der Waals surface area contributed by atoms with E-state index in [1.165, 1.54) is 24.6 Å². The lowest BCUT2D eigenvalue weighted by molar-refractivity contribution is -0.136. The molecule has 5 rings (SSSR count). The summed E-state index contributed by atoms with van der Waals surface area (Å²) in [4.78, 5) is 31.5. The average molecular weight is 518 g/mol. The molecule has 1 atom stereocenters. The van der Waals surface area contributed by atoms with E-state index in [-0.39, 0.29) is 11.1 Å². The fourth-order valence-electron chi connectivity index (χ4n) is 4.62. The van der Waals surface area contributed by atoms with E-state index >= 15 is 0 Å². The number of hydrogen-bond acceptors (Lipinski definition) is 7. The van der Waals surface area contributed by atoms with E-state index in [4.69, 9.17) is 14.2 Å². The van der Waals surface area contributed by atoms with E-state index < -0.39 is 12.0 Å². The Morgan fingerprint density at radius 3 is 2.62 bits per heavy atom. The second kappa shape index (κ2) is 10.1. The first-order valence-corrected chi connectivity index (χ1v) is 12.8. The zero-order valence-electron chi connectivity index (χ0n) is 21.1. The molecule has 0 saturated heterocycles. The predicted octanol–water partition coefficient (Wildman–Crippen LogP) is 3.31. The molecule has 9 heteroatoms. The van der Waals surface area contributed by atoms with Crippen LogP contribution in [-0.4, -0.2) is 35.4 Å². The fourth-order valence-corrected chi connectivity index (χ4v) is 5.58. The number of ether oxygens (including phenoxy) is 3. The molecule has 2 aromatic carbocycles. The SMILES string of the molecule is CCOc1ccc([C@H]2C(C(=O)OC)=CN=c3s/c(=C/c4cn(C)c5ccccc45)c(=O)n32)cc1OCC. The number of carbonyl (C=O) groups excluding carboxylic acids is 1. The second-order valence-corrected chi connectivity index (χ2v) is 9.47. The second-order valence-electron chi connectivity index (χ2n) is 8.46. The standard InChI is InChI=1S/C28H27N3O5S/c1-5-35-22-12-11-17(13-23(22)36-6-2)25-20(27(33)34-4)15-29-28-31(25)26(32)24(37-28)14-18-16-30(3)21-10-8-7-9-19(18)21/h7-16,25H,5-6H2,1-4H3/b24-14+/t25-/m0/s1. The Hall–Kier alpha value is -4.11. The number of aromatic nitrogens is 2. The summed E-state index contributed by atoms with van der Waals surface area (Å²) in [5.41, 5.74) is 2.73. The lowest BCUT2D eigenvalue weighted by atomic mass is 9.97. The number of aryl methyl sites for hydroxylation is 1. The van der Waals surface area contributed by atoms with Gasteiger partial charge in [-0.05, 0) is 43.7 Å². The number of fused-ring (bicyclic) bond motifs is 2. The molecule has 0 aliphatic carbocycles. The van der Waals surface area contributed by atoms with E-state index in [2.05, 4.69) is 4.99 Å². The van der Waals surface area contributed by atoms with Crippen molar-refractivity contribution < 1.29 is 19.0 Å². The van der Waals surface area contributed by atoms with Crippen LogP contribution in [0, 0.1) is 0 Å². The minimum absolute atomic E-state index is 0.233. The number of thiazole rings is 1. The first-order chi connectivity index (χ1) is 18.0. The van der Waals surface area contributed by atoms with Crippen LogP contribution < -0.4 is 24.4 Å². The predicted molar refractivity (Wildman–Crippen MR) is 143 cm³/mol. The molecule has 0 saturated carbocycles. The van der Waals surface area contributed by atoms with Crippen LogP contribution in [0.2, 0.25) is 0 Å². The molecule has 37 heavy (non-hydrogen) atoms. The van der Waals surface area contributed by atoms with E-state index in [9.17, 15) is 9.59 Å². The summed E-state index contributed by atoms with van der Waals surface area (Å²) in [5.74, 6) is 0.588. The van der Waals surface area contributed by atoms with Crippen LogP contribution in [0.15, 0.2) is 70.2 Å². The molecule has 0 N–H and O–H groups in total. The lowest BCUT2D eigenvalue weighted by Gasteiger charge is -2.23. The highest BCUT2D eigenvalue weighted by atomic mass is 32.1. The van der Waals surface area contributed by atoms with Crippen molar-refractivity contribution in [1.82, 2.24) is 9.13 Å². The Morgan fingerprint density at radius 1 is 1.11 bits per heavy atom. The zero-order chi connectivity index (χ0) is 26.1. The van der Waals surface area contributed by atoms with Crippen molar-refractivity contribution >= 4 is 34.3 Å². The van der Waals surface area contributed by atoms with Crippen LogP contribution in [-0.2, 0) is 16.6 Å². The van der Waals surface area contributed by atoms with Crippen molar-refractivity contribution in [3.8, 4) is 11.5 Å². The maximum Gasteiger partial charge on any atom is 0.337 e. The summed E-state index contributed by atoms with van der Waals surface area (Å²) < 4.78 is 20.7. The number of nitrogens with zero attached hydrogens (tertiary/aromatic N) is 3. The van der Waals surface area contributed by atoms with Gasteiger partial charge in [0, 0.05) is 35.9 Å². The van der Waals surface area contributed by atoms with Crippen molar-refractivity contribution in [2.45, 2.75) is 19.9 Å². The maximum atomic E-state index is 13.8. The Kier molecular flexibility index (Phi) is 6.71. The van der Waals surface area contributed by atoms with E-state index in [1.54, 1.807) is 10.6 Å². The van der Waals surface area contributed by atoms with Gasteiger partial charge >= 0.3 is 5.97 Å². The molecule has 0 amide bonds. The molecule has 0 bridgehead atoms. The summed E-state index contributed by atoms with van der Waals surface area (Å²) in [6.07, 6.45) is 5.37. The molecule has 0 radical (unpaired) electrons. The topological polar surface area (TPSA) is 84.0 Å². The smallest absolute Gasteiger partial charge is 0.337 e. The minimum Gasteiger partial charge on any atom is -0.490 e. The Morgan fingerprint density at radius 2 is 1.86 bits per heavy atom. The monoisotopic (exact) mass is 517 g/mol. The van der Waals surface area contributed by atoms with Crippen molar-refractivity contribution in [2.24, 2.45) is 12.0 Å². The summed E-state index contributed by atoms with van der Waals surface area (Å²) >= 11 is 1.29. The summed E-state index contributed by atoms with van der Waals surface area (Å²) in [7, 11) is 3.29. The Bertz CT molecular complexity index is 1710. The molecule has 0 fully saturated rings. The number of para-hydroxylation sites is 1. The van der Waals surface area contributed by atoms with E-state index in [1.807, 2.05) is 74.1 Å². The van der Waals surface area contributed by atoms with Gasteiger partial charge in [0.1, 0.15) is 0 Å². The summed E-state index contributed by atoms with van der Waals surface area (Å²) in [6.45, 7) is 4.71. The third kappa shape index (κ3) is 4.35. The molecule has 2 aromatic heterocycles. The number of rotatable bonds is 7. The van der Waals surface area contributed by atoms with Crippen LogP contribution in [0.3, 0.4) is 0 Å². The number of carbonyl (C=O) groups is 1.